The second kappa shape index (κ2) is 6.99. The molecule has 5 nitrogen and oxygen atoms in total. The third-order valence-electron chi connectivity index (χ3n) is 2.33. The first kappa shape index (κ1) is 15.3. The van der Waals surface area contributed by atoms with Crippen LogP contribution >= 0.6 is 11.6 Å². The van der Waals surface area contributed by atoms with Gasteiger partial charge in [-0.3, -0.25) is 9.59 Å². The molecule has 1 amide bonds. The van der Waals surface area contributed by atoms with E-state index in [4.69, 9.17) is 21.4 Å². The minimum absolute atomic E-state index is 0.128. The number of hydrogen-bond acceptors (Lipinski definition) is 3. The number of hydrogen-bond donors (Lipinski definition) is 2. The average molecular weight is 286 g/mol. The van der Waals surface area contributed by atoms with Crippen LogP contribution in [0.5, 0.6) is 5.75 Å². The lowest BCUT2D eigenvalue weighted by atomic mass is 10.2. The number of aliphatic carboxylic acids is 1. The number of carbonyl (C=O) groups is 2. The molecule has 1 unspecified atom stereocenters. The predicted octanol–water partition coefficient (Wildman–Crippen LogP) is 2.01. The largest absolute Gasteiger partial charge is 0.482 e. The fourth-order valence-electron chi connectivity index (χ4n) is 1.49. The first-order valence-electron chi connectivity index (χ1n) is 5.78. The molecule has 0 saturated carbocycles. The van der Waals surface area contributed by atoms with Crippen LogP contribution in [-0.2, 0) is 9.59 Å². The lowest BCUT2D eigenvalue weighted by Crippen LogP contribution is -2.37. The zero-order valence-electron chi connectivity index (χ0n) is 10.8. The summed E-state index contributed by atoms with van der Waals surface area (Å²) in [6.45, 7) is 3.30. The molecule has 104 valence electrons. The second-order valence-corrected chi connectivity index (χ2v) is 4.70. The van der Waals surface area contributed by atoms with Gasteiger partial charge in [0, 0.05) is 6.04 Å². The van der Waals surface area contributed by atoms with E-state index < -0.39 is 12.0 Å². The Morgan fingerprint density at radius 3 is 2.79 bits per heavy atom. The molecule has 1 aromatic rings. The molecule has 0 saturated heterocycles. The highest BCUT2D eigenvalue weighted by molar-refractivity contribution is 6.32. The van der Waals surface area contributed by atoms with Gasteiger partial charge in [-0.25, -0.2) is 0 Å². The number of carbonyl (C=O) groups excluding carboxylic acids is 1. The van der Waals surface area contributed by atoms with Crippen LogP contribution in [0.25, 0.3) is 0 Å². The molecule has 0 radical (unpaired) electrons. The van der Waals surface area contributed by atoms with Gasteiger partial charge in [0.2, 0.25) is 0 Å². The number of amides is 1. The first-order chi connectivity index (χ1) is 8.88. The number of nitrogens with one attached hydrogen (secondary N) is 1. The number of aryl methyl sites for hydroxylation is 1. The first-order valence-corrected chi connectivity index (χ1v) is 6.16. The fraction of sp³-hybridized carbons (Fsp3) is 0.385. The molecule has 0 heterocycles. The molecule has 1 atom stereocenters. The quantitative estimate of drug-likeness (QED) is 0.838. The van der Waals surface area contributed by atoms with Crippen molar-refractivity contribution in [1.82, 2.24) is 5.32 Å². The van der Waals surface area contributed by atoms with E-state index in [-0.39, 0.29) is 18.9 Å². The van der Waals surface area contributed by atoms with Crippen LogP contribution in [-0.4, -0.2) is 29.6 Å². The van der Waals surface area contributed by atoms with Gasteiger partial charge in [-0.1, -0.05) is 17.7 Å². The molecule has 2 N–H and O–H groups in total. The van der Waals surface area contributed by atoms with Crippen molar-refractivity contribution in [1.29, 1.82) is 0 Å². The van der Waals surface area contributed by atoms with Gasteiger partial charge >= 0.3 is 5.97 Å². The normalized spacial score (nSPS) is 11.7. The maximum Gasteiger partial charge on any atom is 0.305 e. The van der Waals surface area contributed by atoms with E-state index in [2.05, 4.69) is 5.32 Å². The Morgan fingerprint density at radius 1 is 1.47 bits per heavy atom. The van der Waals surface area contributed by atoms with Crippen molar-refractivity contribution in [2.75, 3.05) is 6.61 Å². The minimum atomic E-state index is -0.963. The van der Waals surface area contributed by atoms with E-state index in [1.807, 2.05) is 13.0 Å². The highest BCUT2D eigenvalue weighted by Gasteiger charge is 2.12. The Hall–Kier alpha value is -1.75. The van der Waals surface area contributed by atoms with Crippen molar-refractivity contribution >= 4 is 23.5 Å². The predicted molar refractivity (Wildman–Crippen MR) is 71.5 cm³/mol. The number of halogens is 1. The van der Waals surface area contributed by atoms with Gasteiger partial charge in [0.1, 0.15) is 5.75 Å². The zero-order valence-corrected chi connectivity index (χ0v) is 11.5. The fourth-order valence-corrected chi connectivity index (χ4v) is 1.67. The summed E-state index contributed by atoms with van der Waals surface area (Å²) in [5.41, 5.74) is 0.971. The molecule has 0 aliphatic rings. The summed E-state index contributed by atoms with van der Waals surface area (Å²) >= 11 is 5.92. The van der Waals surface area contributed by atoms with Crippen LogP contribution in [0.15, 0.2) is 18.2 Å². The summed E-state index contributed by atoms with van der Waals surface area (Å²) < 4.78 is 5.29. The number of rotatable bonds is 6. The lowest BCUT2D eigenvalue weighted by Gasteiger charge is -2.13. The van der Waals surface area contributed by atoms with Gasteiger partial charge in [0.05, 0.1) is 11.4 Å². The number of carboxylic acids is 1. The van der Waals surface area contributed by atoms with E-state index in [0.29, 0.717) is 10.8 Å². The molecule has 1 rings (SSSR count). The minimum Gasteiger partial charge on any atom is -0.482 e. The second-order valence-electron chi connectivity index (χ2n) is 4.29. The molecule has 0 aromatic heterocycles. The Balaban J connectivity index is 2.46. The van der Waals surface area contributed by atoms with Crippen LogP contribution in [0, 0.1) is 6.92 Å². The summed E-state index contributed by atoms with van der Waals surface area (Å²) in [6, 6.07) is 4.82. The zero-order chi connectivity index (χ0) is 14.4. The Kier molecular flexibility index (Phi) is 5.63. The van der Waals surface area contributed by atoms with Gasteiger partial charge in [-0.2, -0.15) is 0 Å². The Labute approximate surface area is 116 Å². The summed E-state index contributed by atoms with van der Waals surface area (Å²) in [5, 5.41) is 11.5. The van der Waals surface area contributed by atoms with E-state index in [0.717, 1.165) is 5.56 Å². The summed E-state index contributed by atoms with van der Waals surface area (Å²) in [7, 11) is 0. The number of benzene rings is 1. The van der Waals surface area contributed by atoms with Gasteiger partial charge in [-0.15, -0.1) is 0 Å². The van der Waals surface area contributed by atoms with Crippen molar-refractivity contribution in [2.24, 2.45) is 0 Å². The van der Waals surface area contributed by atoms with E-state index in [1.165, 1.54) is 0 Å². The van der Waals surface area contributed by atoms with E-state index in [1.54, 1.807) is 19.1 Å². The topological polar surface area (TPSA) is 75.6 Å². The van der Waals surface area contributed by atoms with Crippen LogP contribution in [0.2, 0.25) is 5.02 Å². The summed E-state index contributed by atoms with van der Waals surface area (Å²) in [6.07, 6.45) is -0.128. The van der Waals surface area contributed by atoms with Gasteiger partial charge in [0.15, 0.2) is 6.61 Å². The van der Waals surface area contributed by atoms with Gasteiger partial charge in [-0.05, 0) is 31.5 Å². The monoisotopic (exact) mass is 285 g/mol. The van der Waals surface area contributed by atoms with Crippen molar-refractivity contribution in [2.45, 2.75) is 26.3 Å². The lowest BCUT2D eigenvalue weighted by molar-refractivity contribution is -0.137. The molecule has 0 fully saturated rings. The summed E-state index contributed by atoms with van der Waals surface area (Å²) in [4.78, 5) is 22.0. The Bertz CT molecular complexity index is 476. The summed E-state index contributed by atoms with van der Waals surface area (Å²) in [5.74, 6) is -0.913. The van der Waals surface area contributed by atoms with Crippen LogP contribution in [0.4, 0.5) is 0 Å². The molecule has 0 aliphatic heterocycles. The highest BCUT2D eigenvalue weighted by atomic mass is 35.5. The van der Waals surface area contributed by atoms with Crippen molar-refractivity contribution in [3.8, 4) is 5.75 Å². The number of carboxylic acid groups (broad SMARTS) is 1. The maximum absolute atomic E-state index is 11.5. The Morgan fingerprint density at radius 2 is 2.16 bits per heavy atom. The van der Waals surface area contributed by atoms with Gasteiger partial charge in [0.25, 0.3) is 5.91 Å². The van der Waals surface area contributed by atoms with Crippen molar-refractivity contribution in [3.63, 3.8) is 0 Å². The smallest absolute Gasteiger partial charge is 0.305 e. The van der Waals surface area contributed by atoms with E-state index >= 15 is 0 Å². The SMILES string of the molecule is Cc1ccc(Cl)c(OCC(=O)NC(C)CC(=O)O)c1. The molecule has 19 heavy (non-hydrogen) atoms. The molecule has 1 aromatic carbocycles. The van der Waals surface area contributed by atoms with Crippen LogP contribution in [0.1, 0.15) is 18.9 Å². The van der Waals surface area contributed by atoms with Crippen LogP contribution in [0.3, 0.4) is 0 Å². The number of ether oxygens (including phenoxy) is 1. The third kappa shape index (κ3) is 5.61. The molecular weight excluding hydrogens is 270 g/mol. The standard InChI is InChI=1S/C13H16ClNO4/c1-8-3-4-10(14)11(5-8)19-7-12(16)15-9(2)6-13(17)18/h3-5,9H,6-7H2,1-2H3,(H,15,16)(H,17,18). The maximum atomic E-state index is 11.5. The van der Waals surface area contributed by atoms with Gasteiger partial charge < -0.3 is 15.2 Å². The molecule has 0 bridgehead atoms. The van der Waals surface area contributed by atoms with E-state index in [9.17, 15) is 9.59 Å². The van der Waals surface area contributed by atoms with Crippen LogP contribution < -0.4 is 10.1 Å². The van der Waals surface area contributed by atoms with Crippen molar-refractivity contribution in [3.05, 3.63) is 28.8 Å². The molecule has 0 aliphatic carbocycles. The molecule has 6 heteroatoms. The third-order valence-corrected chi connectivity index (χ3v) is 2.65. The highest BCUT2D eigenvalue weighted by Crippen LogP contribution is 2.24. The van der Waals surface area contributed by atoms with Crippen molar-refractivity contribution < 1.29 is 19.4 Å². The molecular formula is C13H16ClNO4. The average Bonchev–Trinajstić information content (AvgIpc) is 2.29. The molecule has 0 spiro atoms.